The third kappa shape index (κ3) is 5.55. The van der Waals surface area contributed by atoms with E-state index in [9.17, 15) is 0 Å². The molecule has 1 atom stereocenters. The molecular weight excluding hydrogens is 182 g/mol. The highest BCUT2D eigenvalue weighted by molar-refractivity contribution is 7.99. The molecule has 0 amide bonds. The van der Waals surface area contributed by atoms with Crippen LogP contribution in [0.3, 0.4) is 0 Å². The highest BCUT2D eigenvalue weighted by Crippen LogP contribution is 2.13. The summed E-state index contributed by atoms with van der Waals surface area (Å²) in [6.07, 6.45) is 5.49. The Hall–Kier alpha value is 0.270. The van der Waals surface area contributed by atoms with E-state index < -0.39 is 0 Å². The summed E-state index contributed by atoms with van der Waals surface area (Å²) in [7, 11) is 1.77. The van der Waals surface area contributed by atoms with Crippen molar-refractivity contribution in [3.05, 3.63) is 0 Å². The number of hydrogen-bond acceptors (Lipinski definition) is 3. The number of hydrogen-bond donors (Lipinski definition) is 1. The minimum atomic E-state index is 0.795. The Morgan fingerprint density at radius 2 is 2.31 bits per heavy atom. The summed E-state index contributed by atoms with van der Waals surface area (Å²) in [4.78, 5) is 0. The molecular formula is C10H21NOS. The molecule has 1 N–H and O–H groups in total. The van der Waals surface area contributed by atoms with Gasteiger partial charge < -0.3 is 10.1 Å². The van der Waals surface area contributed by atoms with E-state index in [0.29, 0.717) is 0 Å². The molecule has 0 aromatic heterocycles. The second kappa shape index (κ2) is 7.65. The van der Waals surface area contributed by atoms with E-state index in [0.717, 1.165) is 18.4 Å². The van der Waals surface area contributed by atoms with Crippen LogP contribution >= 0.6 is 11.8 Å². The molecule has 0 saturated carbocycles. The average Bonchev–Trinajstić information content (AvgIpc) is 2.19. The zero-order valence-corrected chi connectivity index (χ0v) is 9.37. The lowest BCUT2D eigenvalue weighted by molar-refractivity contribution is 0.218. The normalized spacial score (nSPS) is 23.3. The highest BCUT2D eigenvalue weighted by Gasteiger charge is 2.11. The molecule has 1 aliphatic heterocycles. The molecule has 1 rings (SSSR count). The summed E-state index contributed by atoms with van der Waals surface area (Å²) >= 11 is 2.01. The van der Waals surface area contributed by atoms with E-state index in [4.69, 9.17) is 4.74 Å². The van der Waals surface area contributed by atoms with Gasteiger partial charge in [0.15, 0.2) is 0 Å². The summed E-state index contributed by atoms with van der Waals surface area (Å²) in [5.74, 6) is 2.42. The molecule has 0 bridgehead atoms. The fraction of sp³-hybridized carbons (Fsp3) is 1.00. The Labute approximate surface area is 85.8 Å². The molecule has 0 spiro atoms. The van der Waals surface area contributed by atoms with Crippen LogP contribution in [0.1, 0.15) is 25.7 Å². The fourth-order valence-corrected chi connectivity index (χ4v) is 2.58. The van der Waals surface area contributed by atoms with Gasteiger partial charge in [0.1, 0.15) is 0 Å². The summed E-state index contributed by atoms with van der Waals surface area (Å²) < 4.78 is 5.00. The van der Waals surface area contributed by atoms with Crippen molar-refractivity contribution >= 4 is 11.8 Å². The van der Waals surface area contributed by atoms with E-state index in [1.807, 2.05) is 11.8 Å². The standard InChI is InChI=1S/C10H21NOS/c1-12-7-9-13-8-5-10-4-2-3-6-11-10/h10-11H,2-9H2,1H3. The number of ether oxygens (including phenoxy) is 1. The summed E-state index contributed by atoms with van der Waals surface area (Å²) in [5, 5.41) is 3.57. The van der Waals surface area contributed by atoms with E-state index >= 15 is 0 Å². The van der Waals surface area contributed by atoms with Crippen molar-refractivity contribution in [2.45, 2.75) is 31.7 Å². The maximum absolute atomic E-state index is 5.00. The van der Waals surface area contributed by atoms with Gasteiger partial charge in [0.2, 0.25) is 0 Å². The third-order valence-electron chi connectivity index (χ3n) is 2.45. The van der Waals surface area contributed by atoms with Crippen LogP contribution in [-0.4, -0.2) is 37.8 Å². The van der Waals surface area contributed by atoms with Gasteiger partial charge in [-0.3, -0.25) is 0 Å². The van der Waals surface area contributed by atoms with Gasteiger partial charge >= 0.3 is 0 Å². The predicted octanol–water partition coefficient (Wildman–Crippen LogP) is 1.90. The van der Waals surface area contributed by atoms with Crippen molar-refractivity contribution in [2.75, 3.05) is 31.8 Å². The van der Waals surface area contributed by atoms with Crippen molar-refractivity contribution in [3.8, 4) is 0 Å². The first-order chi connectivity index (χ1) is 6.43. The molecule has 1 aliphatic rings. The Balaban J connectivity index is 1.86. The van der Waals surface area contributed by atoms with Crippen LogP contribution in [0.5, 0.6) is 0 Å². The SMILES string of the molecule is COCCSCCC1CCCCN1. The van der Waals surface area contributed by atoms with E-state index in [2.05, 4.69) is 5.32 Å². The molecule has 13 heavy (non-hydrogen) atoms. The molecule has 0 aromatic rings. The Morgan fingerprint density at radius 3 is 3.00 bits per heavy atom. The highest BCUT2D eigenvalue weighted by atomic mass is 32.2. The molecule has 3 heteroatoms. The first kappa shape index (κ1) is 11.3. The van der Waals surface area contributed by atoms with Crippen LogP contribution < -0.4 is 5.32 Å². The van der Waals surface area contributed by atoms with Crippen molar-refractivity contribution in [3.63, 3.8) is 0 Å². The van der Waals surface area contributed by atoms with Crippen molar-refractivity contribution in [1.29, 1.82) is 0 Å². The molecule has 78 valence electrons. The topological polar surface area (TPSA) is 21.3 Å². The smallest absolute Gasteiger partial charge is 0.0552 e. The first-order valence-corrected chi connectivity index (χ1v) is 6.39. The number of methoxy groups -OCH3 is 1. The van der Waals surface area contributed by atoms with Crippen LogP contribution in [0.2, 0.25) is 0 Å². The molecule has 0 aromatic carbocycles. The van der Waals surface area contributed by atoms with Gasteiger partial charge in [0.25, 0.3) is 0 Å². The van der Waals surface area contributed by atoms with Crippen LogP contribution in [0.4, 0.5) is 0 Å². The van der Waals surface area contributed by atoms with Gasteiger partial charge in [-0.25, -0.2) is 0 Å². The second-order valence-corrected chi connectivity index (χ2v) is 4.77. The summed E-state index contributed by atoms with van der Waals surface area (Å²) in [6, 6.07) is 0.795. The molecule has 1 unspecified atom stereocenters. The number of thioether (sulfide) groups is 1. The monoisotopic (exact) mass is 203 g/mol. The maximum Gasteiger partial charge on any atom is 0.0552 e. The number of piperidine rings is 1. The van der Waals surface area contributed by atoms with Crippen LogP contribution in [0.15, 0.2) is 0 Å². The van der Waals surface area contributed by atoms with Gasteiger partial charge in [-0.15, -0.1) is 0 Å². The van der Waals surface area contributed by atoms with Gasteiger partial charge in [0, 0.05) is 18.9 Å². The maximum atomic E-state index is 5.00. The lowest BCUT2D eigenvalue weighted by Gasteiger charge is -2.23. The quantitative estimate of drug-likeness (QED) is 0.666. The zero-order valence-electron chi connectivity index (χ0n) is 8.55. The lowest BCUT2D eigenvalue weighted by atomic mass is 10.0. The third-order valence-corrected chi connectivity index (χ3v) is 3.43. The first-order valence-electron chi connectivity index (χ1n) is 5.23. The van der Waals surface area contributed by atoms with E-state index in [-0.39, 0.29) is 0 Å². The molecule has 0 radical (unpaired) electrons. The van der Waals surface area contributed by atoms with Gasteiger partial charge in [-0.2, -0.15) is 11.8 Å². The van der Waals surface area contributed by atoms with Crippen LogP contribution in [0, 0.1) is 0 Å². The molecule has 1 saturated heterocycles. The van der Waals surface area contributed by atoms with Crippen LogP contribution in [0.25, 0.3) is 0 Å². The van der Waals surface area contributed by atoms with E-state index in [1.165, 1.54) is 38.0 Å². The van der Waals surface area contributed by atoms with Gasteiger partial charge in [-0.05, 0) is 31.6 Å². The van der Waals surface area contributed by atoms with Crippen molar-refractivity contribution < 1.29 is 4.74 Å². The molecule has 2 nitrogen and oxygen atoms in total. The minimum absolute atomic E-state index is 0.795. The Kier molecular flexibility index (Phi) is 6.68. The molecule has 0 aliphatic carbocycles. The summed E-state index contributed by atoms with van der Waals surface area (Å²) in [5.41, 5.74) is 0. The number of rotatable bonds is 6. The second-order valence-electron chi connectivity index (χ2n) is 3.54. The predicted molar refractivity (Wildman–Crippen MR) is 59.5 cm³/mol. The minimum Gasteiger partial charge on any atom is -0.384 e. The zero-order chi connectivity index (χ0) is 9.36. The average molecular weight is 203 g/mol. The summed E-state index contributed by atoms with van der Waals surface area (Å²) in [6.45, 7) is 2.12. The van der Waals surface area contributed by atoms with Gasteiger partial charge in [-0.1, -0.05) is 6.42 Å². The molecule has 1 heterocycles. The van der Waals surface area contributed by atoms with Gasteiger partial charge in [0.05, 0.1) is 6.61 Å². The van der Waals surface area contributed by atoms with Crippen molar-refractivity contribution in [2.24, 2.45) is 0 Å². The largest absolute Gasteiger partial charge is 0.384 e. The molecule has 1 fully saturated rings. The lowest BCUT2D eigenvalue weighted by Crippen LogP contribution is -2.34. The Bertz CT molecular complexity index is 115. The Morgan fingerprint density at radius 1 is 1.38 bits per heavy atom. The number of nitrogens with one attached hydrogen (secondary N) is 1. The van der Waals surface area contributed by atoms with E-state index in [1.54, 1.807) is 7.11 Å². The van der Waals surface area contributed by atoms with Crippen LogP contribution in [-0.2, 0) is 4.74 Å². The van der Waals surface area contributed by atoms with Crippen molar-refractivity contribution in [1.82, 2.24) is 5.32 Å². The fourth-order valence-electron chi connectivity index (χ4n) is 1.64.